The zero-order chi connectivity index (χ0) is 15.4. The van der Waals surface area contributed by atoms with Gasteiger partial charge in [-0.15, -0.1) is 10.2 Å². The van der Waals surface area contributed by atoms with Crippen LogP contribution < -0.4 is 5.73 Å². The summed E-state index contributed by atoms with van der Waals surface area (Å²) in [5.41, 5.74) is 8.40. The van der Waals surface area contributed by atoms with Crippen molar-refractivity contribution in [3.8, 4) is 0 Å². The van der Waals surface area contributed by atoms with Crippen LogP contribution in [0.2, 0.25) is 0 Å². The molecule has 114 valence electrons. The Kier molecular flexibility index (Phi) is 5.42. The lowest BCUT2D eigenvalue weighted by Gasteiger charge is -2.13. The molecule has 0 spiro atoms. The van der Waals surface area contributed by atoms with Gasteiger partial charge < -0.3 is 10.3 Å². The second kappa shape index (κ2) is 7.09. The summed E-state index contributed by atoms with van der Waals surface area (Å²) in [5.74, 6) is 2.32. The monoisotopic (exact) mass is 304 g/mol. The van der Waals surface area contributed by atoms with Crippen LogP contribution >= 0.6 is 11.8 Å². The van der Waals surface area contributed by atoms with E-state index in [0.29, 0.717) is 18.5 Å². The fourth-order valence-electron chi connectivity index (χ4n) is 2.21. The topological polar surface area (TPSA) is 56.7 Å². The zero-order valence-corrected chi connectivity index (χ0v) is 14.0. The third-order valence-electron chi connectivity index (χ3n) is 3.45. The molecule has 0 aliphatic rings. The molecule has 0 aliphatic heterocycles. The highest BCUT2D eigenvalue weighted by Gasteiger charge is 2.14. The molecule has 0 amide bonds. The Morgan fingerprint density at radius 2 is 1.76 bits per heavy atom. The molecule has 0 saturated carbocycles. The SMILES string of the molecule is CC(C)c1ccc(CSc2nnc(CN)n2C(C)C)cc1. The molecule has 0 fully saturated rings. The summed E-state index contributed by atoms with van der Waals surface area (Å²) in [5, 5.41) is 9.38. The van der Waals surface area contributed by atoms with Crippen LogP contribution in [-0.2, 0) is 12.3 Å². The molecule has 2 rings (SSSR count). The summed E-state index contributed by atoms with van der Waals surface area (Å²) in [6, 6.07) is 9.13. The number of rotatable bonds is 6. The van der Waals surface area contributed by atoms with E-state index >= 15 is 0 Å². The van der Waals surface area contributed by atoms with Crippen molar-refractivity contribution in [2.75, 3.05) is 0 Å². The number of hydrogen-bond acceptors (Lipinski definition) is 4. The van der Waals surface area contributed by atoms with Gasteiger partial charge in [0, 0.05) is 11.8 Å². The minimum Gasteiger partial charge on any atom is -0.324 e. The minimum absolute atomic E-state index is 0.323. The van der Waals surface area contributed by atoms with Gasteiger partial charge in [0.25, 0.3) is 0 Å². The van der Waals surface area contributed by atoms with Crippen molar-refractivity contribution in [3.63, 3.8) is 0 Å². The predicted octanol–water partition coefficient (Wildman–Crippen LogP) is 3.73. The average Bonchev–Trinajstić information content (AvgIpc) is 2.88. The number of aromatic nitrogens is 3. The highest BCUT2D eigenvalue weighted by Crippen LogP contribution is 2.25. The summed E-state index contributed by atoms with van der Waals surface area (Å²) in [7, 11) is 0. The second-order valence-electron chi connectivity index (χ2n) is 5.75. The summed E-state index contributed by atoms with van der Waals surface area (Å²) < 4.78 is 2.12. The maximum absolute atomic E-state index is 5.72. The molecule has 2 N–H and O–H groups in total. The molecule has 21 heavy (non-hydrogen) atoms. The first-order valence-corrected chi connectivity index (χ1v) is 8.37. The molecule has 0 saturated heterocycles. The highest BCUT2D eigenvalue weighted by molar-refractivity contribution is 7.98. The second-order valence-corrected chi connectivity index (χ2v) is 6.69. The van der Waals surface area contributed by atoms with Crippen molar-refractivity contribution >= 4 is 11.8 Å². The summed E-state index contributed by atoms with van der Waals surface area (Å²) in [6.07, 6.45) is 0. The quantitative estimate of drug-likeness (QED) is 0.826. The fourth-order valence-corrected chi connectivity index (χ4v) is 3.25. The third kappa shape index (κ3) is 3.86. The van der Waals surface area contributed by atoms with Gasteiger partial charge >= 0.3 is 0 Å². The number of hydrogen-bond donors (Lipinski definition) is 1. The number of thioether (sulfide) groups is 1. The van der Waals surface area contributed by atoms with Crippen LogP contribution in [0.5, 0.6) is 0 Å². The average molecular weight is 304 g/mol. The Bertz CT molecular complexity index is 572. The number of nitrogens with zero attached hydrogens (tertiary/aromatic N) is 3. The lowest BCUT2D eigenvalue weighted by molar-refractivity contribution is 0.526. The standard InChI is InChI=1S/C16H24N4S/c1-11(2)14-7-5-13(6-8-14)10-21-16-19-18-15(9-17)20(16)12(3)4/h5-8,11-12H,9-10,17H2,1-4H3. The molecule has 1 aromatic heterocycles. The van der Waals surface area contributed by atoms with Crippen LogP contribution in [0.3, 0.4) is 0 Å². The molecule has 0 radical (unpaired) electrons. The Morgan fingerprint density at radius 1 is 1.10 bits per heavy atom. The van der Waals surface area contributed by atoms with Crippen LogP contribution in [0.15, 0.2) is 29.4 Å². The Labute approximate surface area is 131 Å². The van der Waals surface area contributed by atoms with E-state index in [0.717, 1.165) is 16.7 Å². The van der Waals surface area contributed by atoms with E-state index in [-0.39, 0.29) is 0 Å². The summed E-state index contributed by atoms with van der Waals surface area (Å²) >= 11 is 1.71. The number of nitrogens with two attached hydrogens (primary N) is 1. The first kappa shape index (κ1) is 16.0. The van der Waals surface area contributed by atoms with Gasteiger partial charge in [-0.3, -0.25) is 0 Å². The molecule has 1 heterocycles. The molecule has 0 unspecified atom stereocenters. The number of benzene rings is 1. The van der Waals surface area contributed by atoms with Gasteiger partial charge in [-0.2, -0.15) is 0 Å². The lowest BCUT2D eigenvalue weighted by Crippen LogP contribution is -2.11. The van der Waals surface area contributed by atoms with Gasteiger partial charge in [-0.05, 0) is 30.9 Å². The van der Waals surface area contributed by atoms with Crippen molar-refractivity contribution in [2.45, 2.75) is 57.1 Å². The van der Waals surface area contributed by atoms with E-state index in [9.17, 15) is 0 Å². The largest absolute Gasteiger partial charge is 0.324 e. The Balaban J connectivity index is 2.07. The van der Waals surface area contributed by atoms with Crippen molar-refractivity contribution in [1.29, 1.82) is 0 Å². The van der Waals surface area contributed by atoms with E-state index in [2.05, 4.69) is 66.7 Å². The van der Waals surface area contributed by atoms with Gasteiger partial charge in [-0.25, -0.2) is 0 Å². The van der Waals surface area contributed by atoms with Crippen LogP contribution in [0.4, 0.5) is 0 Å². The van der Waals surface area contributed by atoms with E-state index in [1.165, 1.54) is 11.1 Å². The van der Waals surface area contributed by atoms with Crippen molar-refractivity contribution < 1.29 is 0 Å². The van der Waals surface area contributed by atoms with Crippen LogP contribution in [0.1, 0.15) is 56.6 Å². The third-order valence-corrected chi connectivity index (χ3v) is 4.46. The summed E-state index contributed by atoms with van der Waals surface area (Å²) in [6.45, 7) is 9.11. The van der Waals surface area contributed by atoms with Gasteiger partial charge in [-0.1, -0.05) is 49.9 Å². The molecule has 0 atom stereocenters. The van der Waals surface area contributed by atoms with Gasteiger partial charge in [0.2, 0.25) is 0 Å². The molecule has 0 aliphatic carbocycles. The first-order chi connectivity index (χ1) is 10.0. The molecule has 5 heteroatoms. The molecule has 2 aromatic rings. The van der Waals surface area contributed by atoms with Crippen LogP contribution in [0.25, 0.3) is 0 Å². The van der Waals surface area contributed by atoms with Crippen LogP contribution in [-0.4, -0.2) is 14.8 Å². The minimum atomic E-state index is 0.323. The smallest absolute Gasteiger partial charge is 0.191 e. The lowest BCUT2D eigenvalue weighted by atomic mass is 10.0. The Hall–Kier alpha value is -1.33. The summed E-state index contributed by atoms with van der Waals surface area (Å²) in [4.78, 5) is 0. The van der Waals surface area contributed by atoms with E-state index in [4.69, 9.17) is 5.73 Å². The molecular formula is C16H24N4S. The molecule has 1 aromatic carbocycles. The highest BCUT2D eigenvalue weighted by atomic mass is 32.2. The van der Waals surface area contributed by atoms with Crippen molar-refractivity contribution in [1.82, 2.24) is 14.8 Å². The van der Waals surface area contributed by atoms with Gasteiger partial charge in [0.1, 0.15) is 5.82 Å². The van der Waals surface area contributed by atoms with Gasteiger partial charge in [0.15, 0.2) is 5.16 Å². The van der Waals surface area contributed by atoms with Crippen molar-refractivity contribution in [2.24, 2.45) is 5.73 Å². The maximum Gasteiger partial charge on any atom is 0.191 e. The fraction of sp³-hybridized carbons (Fsp3) is 0.500. The molecule has 0 bridgehead atoms. The van der Waals surface area contributed by atoms with E-state index in [1.54, 1.807) is 11.8 Å². The van der Waals surface area contributed by atoms with Gasteiger partial charge in [0.05, 0.1) is 6.54 Å². The van der Waals surface area contributed by atoms with Crippen LogP contribution in [0, 0.1) is 0 Å². The molecule has 4 nitrogen and oxygen atoms in total. The Morgan fingerprint density at radius 3 is 2.29 bits per heavy atom. The molecular weight excluding hydrogens is 280 g/mol. The van der Waals surface area contributed by atoms with Crippen molar-refractivity contribution in [3.05, 3.63) is 41.2 Å². The first-order valence-electron chi connectivity index (χ1n) is 7.38. The maximum atomic E-state index is 5.72. The normalized spacial score (nSPS) is 11.6. The van der Waals surface area contributed by atoms with E-state index < -0.39 is 0 Å². The van der Waals surface area contributed by atoms with E-state index in [1.807, 2.05) is 0 Å². The zero-order valence-electron chi connectivity index (χ0n) is 13.2. The predicted molar refractivity (Wildman–Crippen MR) is 88.4 cm³/mol.